The molecule has 0 bridgehead atoms. The summed E-state index contributed by atoms with van der Waals surface area (Å²) in [6.45, 7) is 4.91. The van der Waals surface area contributed by atoms with Crippen molar-refractivity contribution in [1.82, 2.24) is 15.0 Å². The Morgan fingerprint density at radius 3 is 2.50 bits per heavy atom. The Hall–Kier alpha value is -2.17. The molecule has 104 valence electrons. The average Bonchev–Trinajstić information content (AvgIpc) is 3.02. The molecule has 2 aromatic rings. The lowest BCUT2D eigenvalue weighted by Gasteiger charge is -2.16. The van der Waals surface area contributed by atoms with Gasteiger partial charge in [0.05, 0.1) is 0 Å². The number of nitrogens with one attached hydrogen (secondary N) is 1. The fourth-order valence-electron chi connectivity index (χ4n) is 2.38. The highest BCUT2D eigenvalue weighted by Crippen LogP contribution is 2.21. The number of hydrogen-bond acceptors (Lipinski definition) is 5. The quantitative estimate of drug-likeness (QED) is 0.924. The smallest absolute Gasteiger partial charge is 0.230 e. The lowest BCUT2D eigenvalue weighted by atomic mass is 10.2. The van der Waals surface area contributed by atoms with E-state index in [1.54, 1.807) is 0 Å². The van der Waals surface area contributed by atoms with Crippen LogP contribution in [0.3, 0.4) is 0 Å². The third kappa shape index (κ3) is 2.71. The van der Waals surface area contributed by atoms with Crippen molar-refractivity contribution in [3.63, 3.8) is 0 Å². The van der Waals surface area contributed by atoms with Gasteiger partial charge < -0.3 is 10.2 Å². The normalized spacial score (nSPS) is 14.6. The van der Waals surface area contributed by atoms with Gasteiger partial charge in [0.15, 0.2) is 5.82 Å². The molecule has 5 nitrogen and oxygen atoms in total. The predicted octanol–water partition coefficient (Wildman–Crippen LogP) is 2.57. The van der Waals surface area contributed by atoms with E-state index in [2.05, 4.69) is 25.2 Å². The first-order chi connectivity index (χ1) is 9.86. The van der Waals surface area contributed by atoms with Gasteiger partial charge in [0.1, 0.15) is 0 Å². The van der Waals surface area contributed by atoms with Gasteiger partial charge in [-0.05, 0) is 19.8 Å². The maximum Gasteiger partial charge on any atom is 0.230 e. The summed E-state index contributed by atoms with van der Waals surface area (Å²) in [5, 5.41) is 3.19. The van der Waals surface area contributed by atoms with Crippen molar-refractivity contribution in [2.24, 2.45) is 0 Å². The second-order valence-corrected chi connectivity index (χ2v) is 4.87. The van der Waals surface area contributed by atoms with Crippen molar-refractivity contribution in [3.05, 3.63) is 30.3 Å². The minimum absolute atomic E-state index is 0.656. The molecule has 1 saturated heterocycles. The third-order valence-electron chi connectivity index (χ3n) is 3.38. The number of nitrogens with zero attached hydrogens (tertiary/aromatic N) is 4. The summed E-state index contributed by atoms with van der Waals surface area (Å²) in [5.41, 5.74) is 1.02. The van der Waals surface area contributed by atoms with Crippen LogP contribution in [-0.2, 0) is 0 Å². The molecule has 0 unspecified atom stereocenters. The van der Waals surface area contributed by atoms with Crippen LogP contribution in [0.5, 0.6) is 0 Å². The summed E-state index contributed by atoms with van der Waals surface area (Å²) in [4.78, 5) is 15.9. The monoisotopic (exact) mass is 269 g/mol. The molecule has 0 aliphatic carbocycles. The van der Waals surface area contributed by atoms with Crippen molar-refractivity contribution in [1.29, 1.82) is 0 Å². The second kappa shape index (κ2) is 5.86. The topological polar surface area (TPSA) is 53.9 Å². The van der Waals surface area contributed by atoms with Crippen molar-refractivity contribution in [2.75, 3.05) is 29.9 Å². The van der Waals surface area contributed by atoms with E-state index in [0.29, 0.717) is 5.95 Å². The fraction of sp³-hybridized carbons (Fsp3) is 0.400. The van der Waals surface area contributed by atoms with E-state index in [-0.39, 0.29) is 0 Å². The summed E-state index contributed by atoms with van der Waals surface area (Å²) < 4.78 is 0. The molecule has 5 heteroatoms. The van der Waals surface area contributed by atoms with E-state index in [4.69, 9.17) is 0 Å². The lowest BCUT2D eigenvalue weighted by Crippen LogP contribution is -2.22. The molecule has 0 atom stereocenters. The number of benzene rings is 1. The van der Waals surface area contributed by atoms with Crippen LogP contribution in [0.2, 0.25) is 0 Å². The van der Waals surface area contributed by atoms with Gasteiger partial charge in [-0.1, -0.05) is 30.3 Å². The molecule has 1 aromatic heterocycles. The molecule has 0 radical (unpaired) electrons. The first-order valence-electron chi connectivity index (χ1n) is 7.17. The summed E-state index contributed by atoms with van der Waals surface area (Å²) >= 11 is 0. The summed E-state index contributed by atoms with van der Waals surface area (Å²) in [5.74, 6) is 2.18. The molecule has 0 spiro atoms. The van der Waals surface area contributed by atoms with Crippen LogP contribution >= 0.6 is 0 Å². The minimum atomic E-state index is 0.656. The van der Waals surface area contributed by atoms with E-state index >= 15 is 0 Å². The molecular formula is C15H19N5. The summed E-state index contributed by atoms with van der Waals surface area (Å²) in [7, 11) is 0. The minimum Gasteiger partial charge on any atom is -0.354 e. The molecule has 2 heterocycles. The Balaban J connectivity index is 2.00. The Kier molecular flexibility index (Phi) is 3.76. The van der Waals surface area contributed by atoms with E-state index in [0.717, 1.165) is 37.0 Å². The molecule has 20 heavy (non-hydrogen) atoms. The van der Waals surface area contributed by atoms with Crippen molar-refractivity contribution < 1.29 is 0 Å². The van der Waals surface area contributed by atoms with E-state index in [9.17, 15) is 0 Å². The van der Waals surface area contributed by atoms with Gasteiger partial charge in [0.2, 0.25) is 11.9 Å². The number of anilines is 2. The molecule has 0 saturated carbocycles. The highest BCUT2D eigenvalue weighted by Gasteiger charge is 2.17. The van der Waals surface area contributed by atoms with Gasteiger partial charge in [0, 0.05) is 25.2 Å². The van der Waals surface area contributed by atoms with Gasteiger partial charge in [-0.2, -0.15) is 15.0 Å². The van der Waals surface area contributed by atoms with Crippen LogP contribution in [0.4, 0.5) is 11.9 Å². The Morgan fingerprint density at radius 1 is 1.05 bits per heavy atom. The first kappa shape index (κ1) is 12.8. The van der Waals surface area contributed by atoms with Crippen LogP contribution in [0, 0.1) is 0 Å². The molecule has 0 amide bonds. The predicted molar refractivity (Wildman–Crippen MR) is 80.9 cm³/mol. The Morgan fingerprint density at radius 2 is 1.80 bits per heavy atom. The lowest BCUT2D eigenvalue weighted by molar-refractivity contribution is 0.881. The number of hydrogen-bond donors (Lipinski definition) is 1. The number of rotatable bonds is 4. The van der Waals surface area contributed by atoms with Crippen molar-refractivity contribution in [3.8, 4) is 11.4 Å². The fourth-order valence-corrected chi connectivity index (χ4v) is 2.38. The molecule has 1 N–H and O–H groups in total. The van der Waals surface area contributed by atoms with Gasteiger partial charge >= 0.3 is 0 Å². The van der Waals surface area contributed by atoms with Gasteiger partial charge in [-0.15, -0.1) is 0 Å². The molecule has 1 aliphatic heterocycles. The van der Waals surface area contributed by atoms with Crippen LogP contribution in [-0.4, -0.2) is 34.6 Å². The summed E-state index contributed by atoms with van der Waals surface area (Å²) in [6, 6.07) is 10.1. The highest BCUT2D eigenvalue weighted by molar-refractivity contribution is 5.58. The van der Waals surface area contributed by atoms with Crippen LogP contribution < -0.4 is 10.2 Å². The third-order valence-corrected chi connectivity index (χ3v) is 3.38. The second-order valence-electron chi connectivity index (χ2n) is 4.87. The van der Waals surface area contributed by atoms with Crippen molar-refractivity contribution >= 4 is 11.9 Å². The zero-order valence-corrected chi connectivity index (χ0v) is 11.7. The molecule has 1 aliphatic rings. The van der Waals surface area contributed by atoms with Crippen molar-refractivity contribution in [2.45, 2.75) is 19.8 Å². The van der Waals surface area contributed by atoms with E-state index in [1.165, 1.54) is 12.8 Å². The van der Waals surface area contributed by atoms with Gasteiger partial charge in [-0.3, -0.25) is 0 Å². The SMILES string of the molecule is CCNc1nc(-c2ccccc2)nc(N2CCCC2)n1. The van der Waals surface area contributed by atoms with Gasteiger partial charge in [0.25, 0.3) is 0 Å². The molecular weight excluding hydrogens is 250 g/mol. The Bertz CT molecular complexity index is 564. The number of aromatic nitrogens is 3. The average molecular weight is 269 g/mol. The molecule has 1 fully saturated rings. The maximum atomic E-state index is 4.63. The van der Waals surface area contributed by atoms with Crippen LogP contribution in [0.15, 0.2) is 30.3 Å². The van der Waals surface area contributed by atoms with Crippen LogP contribution in [0.1, 0.15) is 19.8 Å². The largest absolute Gasteiger partial charge is 0.354 e. The molecule has 3 rings (SSSR count). The maximum absolute atomic E-state index is 4.63. The zero-order valence-electron chi connectivity index (χ0n) is 11.7. The van der Waals surface area contributed by atoms with Crippen LogP contribution in [0.25, 0.3) is 11.4 Å². The van der Waals surface area contributed by atoms with Gasteiger partial charge in [-0.25, -0.2) is 0 Å². The first-order valence-corrected chi connectivity index (χ1v) is 7.17. The zero-order chi connectivity index (χ0) is 13.8. The highest BCUT2D eigenvalue weighted by atomic mass is 15.3. The Labute approximate surface area is 119 Å². The van der Waals surface area contributed by atoms with E-state index < -0.39 is 0 Å². The molecule has 1 aromatic carbocycles. The van der Waals surface area contributed by atoms with E-state index in [1.807, 2.05) is 37.3 Å². The standard InChI is InChI=1S/C15H19N5/c1-2-16-14-17-13(12-8-4-3-5-9-12)18-15(19-14)20-10-6-7-11-20/h3-5,8-9H,2,6-7,10-11H2,1H3,(H,16,17,18,19). The summed E-state index contributed by atoms with van der Waals surface area (Å²) in [6.07, 6.45) is 2.42.